The number of hydrogen-bond donors (Lipinski definition) is 3. The Morgan fingerprint density at radius 1 is 1.70 bits per heavy atom. The minimum Gasteiger partial charge on any atom is -0.381 e. The largest absolute Gasteiger partial charge is 0.435 e. The predicted molar refractivity (Wildman–Crippen MR) is 32.4 cm³/mol. The zero-order valence-electron chi connectivity index (χ0n) is 5.17. The van der Waals surface area contributed by atoms with Crippen molar-refractivity contribution in [1.29, 1.82) is 0 Å². The van der Waals surface area contributed by atoms with Crippen molar-refractivity contribution in [1.82, 2.24) is 0 Å². The van der Waals surface area contributed by atoms with Gasteiger partial charge in [-0.1, -0.05) is 0 Å². The second-order valence-corrected chi connectivity index (χ2v) is 3.22. The molecule has 0 aliphatic heterocycles. The Hall–Kier alpha value is -0.510. The molecule has 10 heavy (non-hydrogen) atoms. The lowest BCUT2D eigenvalue weighted by Gasteiger charge is -1.98. The van der Waals surface area contributed by atoms with E-state index in [1.807, 2.05) is 0 Å². The molecule has 0 aromatic heterocycles. The molecule has 1 atom stereocenters. The Labute approximate surface area is 56.9 Å². The Balaban J connectivity index is 4.75. The van der Waals surface area contributed by atoms with Crippen LogP contribution in [0.25, 0.3) is 5.53 Å². The summed E-state index contributed by atoms with van der Waals surface area (Å²) in [6, 6.07) is 0. The normalized spacial score (nSPS) is 14.0. The maximum atomic E-state index is 10.2. The molecular weight excluding hydrogens is 159 g/mol. The van der Waals surface area contributed by atoms with Crippen LogP contribution in [0.2, 0.25) is 0 Å². The fourth-order valence-corrected chi connectivity index (χ4v) is 0.988. The van der Waals surface area contributed by atoms with Crippen LogP contribution in [0.1, 0.15) is 6.92 Å². The van der Waals surface area contributed by atoms with E-state index in [1.54, 1.807) is 0 Å². The zero-order chi connectivity index (χ0) is 8.36. The second kappa shape index (κ2) is 3.05. The summed E-state index contributed by atoms with van der Waals surface area (Å²) in [5.74, 6) is 0. The van der Waals surface area contributed by atoms with E-state index in [0.717, 1.165) is 6.92 Å². The molecule has 0 saturated heterocycles. The van der Waals surface area contributed by atoms with Gasteiger partial charge in [-0.05, 0) is 6.92 Å². The van der Waals surface area contributed by atoms with Gasteiger partial charge in [-0.2, -0.15) is 4.79 Å². The lowest BCUT2D eigenvalue weighted by molar-refractivity contribution is -0.0160. The minimum absolute atomic E-state index is 0.924. The molecule has 0 bridgehead atoms. The first-order valence-electron chi connectivity index (χ1n) is 2.35. The highest BCUT2D eigenvalue weighted by molar-refractivity contribution is 7.70. The van der Waals surface area contributed by atoms with Crippen molar-refractivity contribution in [3.8, 4) is 0 Å². The molecule has 0 rings (SSSR count). The topological polar surface area (TPSA) is 114 Å². The summed E-state index contributed by atoms with van der Waals surface area (Å²) in [6.45, 7) is 1.09. The monoisotopic (exact) mass is 166 g/mol. The summed E-state index contributed by atoms with van der Waals surface area (Å²) in [5, 5.41) is 8.56. The van der Waals surface area contributed by atoms with Crippen LogP contribution in [0.15, 0.2) is 0 Å². The molecule has 0 aliphatic rings. The van der Waals surface area contributed by atoms with Gasteiger partial charge in [0.05, 0.1) is 0 Å². The number of rotatable bonds is 2. The summed E-state index contributed by atoms with van der Waals surface area (Å²) in [4.78, 5) is 18.9. The maximum absolute atomic E-state index is 10.2. The quantitative estimate of drug-likeness (QED) is 0.215. The number of hydrogen-bond acceptors (Lipinski definition) is 2. The highest BCUT2D eigenvalue weighted by atomic mass is 31.2. The van der Waals surface area contributed by atoms with Gasteiger partial charge in [0, 0.05) is 0 Å². The summed E-state index contributed by atoms with van der Waals surface area (Å²) in [6.07, 6.45) is -1.44. The minimum atomic E-state index is -4.58. The van der Waals surface area contributed by atoms with Gasteiger partial charge < -0.3 is 20.4 Å². The van der Waals surface area contributed by atoms with Gasteiger partial charge >= 0.3 is 13.0 Å². The number of aliphatic hydroxyl groups excluding tert-OH is 1. The van der Waals surface area contributed by atoms with E-state index < -0.39 is 19.2 Å². The third-order valence-electron chi connectivity index (χ3n) is 0.775. The molecule has 0 aromatic carbocycles. The van der Waals surface area contributed by atoms with Crippen LogP contribution in [0.5, 0.6) is 0 Å². The predicted octanol–water partition coefficient (Wildman–Crippen LogP) is -0.827. The molecule has 3 N–H and O–H groups in total. The lowest BCUT2D eigenvalue weighted by Crippen LogP contribution is -2.17. The lowest BCUT2D eigenvalue weighted by atomic mass is 10.5. The van der Waals surface area contributed by atoms with Gasteiger partial charge in [0.25, 0.3) is 0 Å². The first-order chi connectivity index (χ1) is 4.39. The molecule has 0 spiro atoms. The van der Waals surface area contributed by atoms with Crippen molar-refractivity contribution in [2.24, 2.45) is 0 Å². The van der Waals surface area contributed by atoms with Gasteiger partial charge in [0.1, 0.15) is 0 Å². The average molecular weight is 166 g/mol. The average Bonchev–Trinajstić information content (AvgIpc) is 1.60. The molecule has 0 radical (unpaired) electrons. The maximum Gasteiger partial charge on any atom is 0.435 e. The van der Waals surface area contributed by atoms with Gasteiger partial charge in [-0.3, -0.25) is 0 Å². The third kappa shape index (κ3) is 2.39. The Morgan fingerprint density at radius 2 is 2.10 bits per heavy atom. The van der Waals surface area contributed by atoms with Gasteiger partial charge in [-0.25, -0.2) is 4.57 Å². The van der Waals surface area contributed by atoms with E-state index in [9.17, 15) is 4.57 Å². The molecule has 6 nitrogen and oxygen atoms in total. The third-order valence-corrected chi connectivity index (χ3v) is 1.83. The first-order valence-corrected chi connectivity index (χ1v) is 3.97. The van der Waals surface area contributed by atoms with E-state index in [1.165, 1.54) is 0 Å². The van der Waals surface area contributed by atoms with E-state index in [-0.39, 0.29) is 0 Å². The fourth-order valence-electron chi connectivity index (χ4n) is 0.385. The molecule has 58 valence electrons. The van der Waals surface area contributed by atoms with Crippen LogP contribution in [-0.4, -0.2) is 31.2 Å². The van der Waals surface area contributed by atoms with Gasteiger partial charge in [-0.15, -0.1) is 0 Å². The Kier molecular flexibility index (Phi) is 2.90. The van der Waals surface area contributed by atoms with Crippen LogP contribution in [-0.2, 0) is 4.57 Å². The summed E-state index contributed by atoms with van der Waals surface area (Å²) in [5.41, 5.74) is 7.04. The van der Waals surface area contributed by atoms with E-state index in [2.05, 4.69) is 4.79 Å². The van der Waals surface area contributed by atoms with Gasteiger partial charge in [0.15, 0.2) is 6.10 Å². The van der Waals surface area contributed by atoms with Crippen molar-refractivity contribution in [2.45, 2.75) is 13.0 Å². The highest BCUT2D eigenvalue weighted by Crippen LogP contribution is 2.36. The second-order valence-electron chi connectivity index (χ2n) is 1.68. The standard InChI is InChI=1S/C3H7N2O4P/c1-2(6)3(5-4)10(7,8)9/h2,6H,1H3,(H2,7,8,9). The molecule has 0 heterocycles. The SMILES string of the molecule is CC(O)C(=[N+]=[N-])P(=O)(O)O. The van der Waals surface area contributed by atoms with Crippen LogP contribution < -0.4 is 0 Å². The smallest absolute Gasteiger partial charge is 0.381 e. The first kappa shape index (κ1) is 9.49. The van der Waals surface area contributed by atoms with E-state index in [4.69, 9.17) is 20.4 Å². The zero-order valence-corrected chi connectivity index (χ0v) is 6.06. The van der Waals surface area contributed by atoms with Crippen molar-refractivity contribution in [3.05, 3.63) is 5.53 Å². The fraction of sp³-hybridized carbons (Fsp3) is 0.667. The van der Waals surface area contributed by atoms with Crippen molar-refractivity contribution in [2.75, 3.05) is 0 Å². The van der Waals surface area contributed by atoms with Crippen LogP contribution in [0.3, 0.4) is 0 Å². The summed E-state index contributed by atoms with van der Waals surface area (Å²) >= 11 is 0. The van der Waals surface area contributed by atoms with Crippen molar-refractivity contribution in [3.63, 3.8) is 0 Å². The molecule has 0 amide bonds. The molecular formula is C3H7N2O4P. The van der Waals surface area contributed by atoms with Crippen LogP contribution in [0, 0.1) is 0 Å². The van der Waals surface area contributed by atoms with Crippen LogP contribution >= 0.6 is 7.60 Å². The van der Waals surface area contributed by atoms with Crippen LogP contribution in [0.4, 0.5) is 0 Å². The molecule has 0 aliphatic carbocycles. The Morgan fingerprint density at radius 3 is 2.10 bits per heavy atom. The molecule has 0 fully saturated rings. The van der Waals surface area contributed by atoms with E-state index in [0.29, 0.717) is 0 Å². The van der Waals surface area contributed by atoms with Crippen molar-refractivity contribution < 1.29 is 24.2 Å². The van der Waals surface area contributed by atoms with Gasteiger partial charge in [0.2, 0.25) is 0 Å². The molecule has 1 unspecified atom stereocenters. The Bertz CT molecular complexity index is 213. The highest BCUT2D eigenvalue weighted by Gasteiger charge is 2.36. The number of nitrogens with zero attached hydrogens (tertiary/aromatic N) is 2. The number of aliphatic hydroxyl groups is 1. The van der Waals surface area contributed by atoms with Crippen molar-refractivity contribution >= 4 is 13.0 Å². The molecule has 7 heteroatoms. The summed E-state index contributed by atoms with van der Waals surface area (Å²) in [7, 11) is -4.58. The van der Waals surface area contributed by atoms with E-state index >= 15 is 0 Å². The molecule has 0 saturated carbocycles. The molecule has 0 aromatic rings. The summed E-state index contributed by atoms with van der Waals surface area (Å²) < 4.78 is 10.2.